The van der Waals surface area contributed by atoms with Crippen molar-refractivity contribution in [2.75, 3.05) is 33.4 Å². The lowest BCUT2D eigenvalue weighted by Crippen LogP contribution is -2.42. The Kier molecular flexibility index (Phi) is 11.8. The zero-order valence-electron chi connectivity index (χ0n) is 21.5. The molecule has 0 N–H and O–H groups in total. The molecule has 0 bridgehead atoms. The van der Waals surface area contributed by atoms with Crippen LogP contribution >= 0.6 is 0 Å². The first-order valence-electron chi connectivity index (χ1n) is 11.5. The molecule has 0 aliphatic carbocycles. The van der Waals surface area contributed by atoms with Gasteiger partial charge in [0.25, 0.3) is 0 Å². The molecular formula is C24H44N4O4. The molecule has 0 saturated carbocycles. The molecule has 1 saturated heterocycles. The number of rotatable bonds is 9. The highest BCUT2D eigenvalue weighted by Crippen LogP contribution is 2.16. The first-order chi connectivity index (χ1) is 14.9. The molecular weight excluding hydrogens is 408 g/mol. The molecule has 1 unspecified atom stereocenters. The lowest BCUT2D eigenvalue weighted by molar-refractivity contribution is -0.720. The number of hydroxylamine groups is 2. The minimum Gasteiger partial charge on any atom is -0.569 e. The molecule has 32 heavy (non-hydrogen) atoms. The molecule has 1 atom stereocenters. The Bertz CT molecular complexity index is 672. The van der Waals surface area contributed by atoms with Crippen molar-refractivity contribution >= 4 is 0 Å². The summed E-state index contributed by atoms with van der Waals surface area (Å²) in [6, 6.07) is 8.15. The summed E-state index contributed by atoms with van der Waals surface area (Å²) in [6.07, 6.45) is 0.723. The van der Waals surface area contributed by atoms with Crippen molar-refractivity contribution in [1.82, 2.24) is 10.1 Å². The maximum Gasteiger partial charge on any atom is 0.233 e. The van der Waals surface area contributed by atoms with Gasteiger partial charge in [0.2, 0.25) is 5.28 Å². The van der Waals surface area contributed by atoms with E-state index < -0.39 is 0 Å². The van der Waals surface area contributed by atoms with Crippen LogP contribution in [0.15, 0.2) is 29.5 Å². The molecule has 2 rings (SSSR count). The maximum atomic E-state index is 11.7. The summed E-state index contributed by atoms with van der Waals surface area (Å²) in [5, 5.41) is 18.7. The van der Waals surface area contributed by atoms with Crippen LogP contribution in [-0.2, 0) is 9.68 Å². The Morgan fingerprint density at radius 1 is 1.12 bits per heavy atom. The number of hydrogen-bond acceptors (Lipinski definition) is 6. The van der Waals surface area contributed by atoms with Gasteiger partial charge in [0.1, 0.15) is 11.9 Å². The van der Waals surface area contributed by atoms with Crippen LogP contribution in [0.5, 0.6) is 5.75 Å². The minimum atomic E-state index is -0.295. The van der Waals surface area contributed by atoms with E-state index in [4.69, 9.17) is 14.4 Å². The highest BCUT2D eigenvalue weighted by Gasteiger charge is 2.28. The van der Waals surface area contributed by atoms with Crippen LogP contribution in [0.3, 0.4) is 0 Å². The highest BCUT2D eigenvalue weighted by molar-refractivity contribution is 5.26. The SMILES string of the molecule is CC(C)CON1CCC(ON=[N+]([O-])N(C)C(C)(C)C)C1.Cc1ccc(OCC(C)C)cc1. The van der Waals surface area contributed by atoms with Crippen LogP contribution in [0, 0.1) is 24.0 Å². The normalized spacial score (nSPS) is 17.3. The molecule has 1 aromatic carbocycles. The van der Waals surface area contributed by atoms with Crippen LogP contribution in [0.2, 0.25) is 0 Å². The summed E-state index contributed by atoms with van der Waals surface area (Å²) < 4.78 is 5.52. The molecule has 1 heterocycles. The Hall–Kier alpha value is -2.06. The molecule has 0 radical (unpaired) electrons. The van der Waals surface area contributed by atoms with E-state index in [1.165, 1.54) is 10.6 Å². The standard InChI is InChI=1S/C13H28N4O3.C11H16O/c1-11(2)10-19-16-8-7-12(9-16)20-14-17(18)15(6)13(3,4)5;1-9(2)8-12-11-6-4-10(3)5-7-11/h11-12H,7-10H2,1-6H3;4-7,9H,8H2,1-3H3. The van der Waals surface area contributed by atoms with Gasteiger partial charge in [-0.05, 0) is 51.7 Å². The molecule has 1 aliphatic heterocycles. The van der Waals surface area contributed by atoms with E-state index in [9.17, 15) is 5.21 Å². The fourth-order valence-electron chi connectivity index (χ4n) is 2.47. The number of benzene rings is 1. The average Bonchev–Trinajstić information content (AvgIpc) is 3.17. The van der Waals surface area contributed by atoms with Gasteiger partial charge < -0.3 is 14.8 Å². The fourth-order valence-corrected chi connectivity index (χ4v) is 2.47. The van der Waals surface area contributed by atoms with Gasteiger partial charge in [0.15, 0.2) is 0 Å². The first kappa shape index (κ1) is 28.0. The third-order valence-corrected chi connectivity index (χ3v) is 4.80. The fraction of sp³-hybridized carbons (Fsp3) is 0.750. The van der Waals surface area contributed by atoms with Crippen LogP contribution in [0.4, 0.5) is 0 Å². The second-order valence-electron chi connectivity index (χ2n) is 10.1. The van der Waals surface area contributed by atoms with E-state index in [-0.39, 0.29) is 11.6 Å². The van der Waals surface area contributed by atoms with Crippen molar-refractivity contribution in [2.24, 2.45) is 17.1 Å². The molecule has 0 amide bonds. The summed E-state index contributed by atoms with van der Waals surface area (Å²) in [4.78, 5) is 11.4. The van der Waals surface area contributed by atoms with Gasteiger partial charge in [-0.25, -0.2) is 0 Å². The van der Waals surface area contributed by atoms with Gasteiger partial charge in [0.05, 0.1) is 37.3 Å². The summed E-state index contributed by atoms with van der Waals surface area (Å²) in [5.41, 5.74) is 0.975. The quantitative estimate of drug-likeness (QED) is 0.291. The van der Waals surface area contributed by atoms with Crippen molar-refractivity contribution in [3.05, 3.63) is 35.0 Å². The number of nitrogens with zero attached hydrogens (tertiary/aromatic N) is 4. The van der Waals surface area contributed by atoms with Crippen LogP contribution in [0.25, 0.3) is 0 Å². The van der Waals surface area contributed by atoms with Gasteiger partial charge in [-0.2, -0.15) is 5.06 Å². The highest BCUT2D eigenvalue weighted by atomic mass is 16.7. The van der Waals surface area contributed by atoms with E-state index in [0.717, 1.165) is 25.3 Å². The van der Waals surface area contributed by atoms with Gasteiger partial charge >= 0.3 is 0 Å². The molecule has 1 aliphatic rings. The second kappa shape index (κ2) is 13.5. The van der Waals surface area contributed by atoms with E-state index in [1.54, 1.807) is 7.05 Å². The van der Waals surface area contributed by atoms with Crippen molar-refractivity contribution in [3.8, 4) is 5.75 Å². The first-order valence-corrected chi connectivity index (χ1v) is 11.5. The van der Waals surface area contributed by atoms with Gasteiger partial charge in [-0.15, -0.1) is 5.01 Å². The molecule has 0 aromatic heterocycles. The van der Waals surface area contributed by atoms with Gasteiger partial charge in [0, 0.05) is 13.0 Å². The molecule has 8 heteroatoms. The molecule has 0 spiro atoms. The van der Waals surface area contributed by atoms with E-state index >= 15 is 0 Å². The zero-order chi connectivity index (χ0) is 24.3. The van der Waals surface area contributed by atoms with E-state index in [0.29, 0.717) is 30.0 Å². The molecule has 184 valence electrons. The molecule has 1 aromatic rings. The number of hydrogen-bond donors (Lipinski definition) is 0. The third-order valence-electron chi connectivity index (χ3n) is 4.80. The molecule has 1 fully saturated rings. The maximum absolute atomic E-state index is 11.7. The zero-order valence-corrected chi connectivity index (χ0v) is 21.5. The van der Waals surface area contributed by atoms with E-state index in [1.807, 2.05) is 38.0 Å². The largest absolute Gasteiger partial charge is 0.569 e. The Morgan fingerprint density at radius 2 is 1.72 bits per heavy atom. The molecule has 8 nitrogen and oxygen atoms in total. The van der Waals surface area contributed by atoms with Crippen LogP contribution in [-0.4, -0.2) is 60.0 Å². The Labute approximate surface area is 194 Å². The van der Waals surface area contributed by atoms with Crippen molar-refractivity contribution in [1.29, 1.82) is 0 Å². The summed E-state index contributed by atoms with van der Waals surface area (Å²) in [5.74, 6) is 2.05. The topological polar surface area (TPSA) is 72.6 Å². The lowest BCUT2D eigenvalue weighted by atomic mass is 10.1. The average molecular weight is 453 g/mol. The number of hydrazine groups is 1. The van der Waals surface area contributed by atoms with Crippen LogP contribution in [0.1, 0.15) is 60.5 Å². The Balaban J connectivity index is 0.000000363. The monoisotopic (exact) mass is 452 g/mol. The predicted octanol–water partition coefficient (Wildman–Crippen LogP) is 5.22. The minimum absolute atomic E-state index is 0.0908. The van der Waals surface area contributed by atoms with Crippen molar-refractivity contribution in [2.45, 2.75) is 73.5 Å². The second-order valence-corrected chi connectivity index (χ2v) is 10.1. The number of ether oxygens (including phenoxy) is 1. The summed E-state index contributed by atoms with van der Waals surface area (Å²) in [7, 11) is 1.69. The third kappa shape index (κ3) is 11.5. The number of aryl methyl sites for hydroxylation is 1. The van der Waals surface area contributed by atoms with Gasteiger partial charge in [-0.3, -0.25) is 4.84 Å². The Morgan fingerprint density at radius 3 is 2.25 bits per heavy atom. The predicted molar refractivity (Wildman–Crippen MR) is 127 cm³/mol. The van der Waals surface area contributed by atoms with Crippen molar-refractivity contribution < 1.29 is 19.4 Å². The smallest absolute Gasteiger partial charge is 0.233 e. The van der Waals surface area contributed by atoms with Crippen LogP contribution < -0.4 is 4.74 Å². The van der Waals surface area contributed by atoms with Crippen molar-refractivity contribution in [3.63, 3.8) is 0 Å². The van der Waals surface area contributed by atoms with Gasteiger partial charge in [-0.1, -0.05) is 45.4 Å². The summed E-state index contributed by atoms with van der Waals surface area (Å²) in [6.45, 7) is 19.3. The summed E-state index contributed by atoms with van der Waals surface area (Å²) >= 11 is 0. The lowest BCUT2D eigenvalue weighted by Gasteiger charge is -2.26. The van der Waals surface area contributed by atoms with E-state index in [2.05, 4.69) is 52.0 Å².